The van der Waals surface area contributed by atoms with Crippen molar-refractivity contribution in [3.8, 4) is 17.2 Å². The van der Waals surface area contributed by atoms with Crippen LogP contribution < -0.4 is 14.2 Å². The molecule has 0 radical (unpaired) electrons. The van der Waals surface area contributed by atoms with Gasteiger partial charge in [-0.3, -0.25) is 9.59 Å². The molecule has 0 fully saturated rings. The SMILES string of the molecule is CCOC(=O)[C@@H]1C(=O)c2c(sc3ccccc23)[C@H]1c1cc(OC)c(OC)c(OC)c1. The van der Waals surface area contributed by atoms with Gasteiger partial charge in [0.15, 0.2) is 17.3 Å². The van der Waals surface area contributed by atoms with E-state index in [0.29, 0.717) is 22.8 Å². The predicted octanol–water partition coefficient (Wildman–Crippen LogP) is 4.43. The maximum atomic E-state index is 13.4. The monoisotopic (exact) mass is 426 g/mol. The summed E-state index contributed by atoms with van der Waals surface area (Å²) in [7, 11) is 4.60. The molecule has 1 aliphatic carbocycles. The number of carbonyl (C=O) groups is 2. The van der Waals surface area contributed by atoms with Gasteiger partial charge >= 0.3 is 5.97 Å². The van der Waals surface area contributed by atoms with Crippen molar-refractivity contribution in [2.75, 3.05) is 27.9 Å². The largest absolute Gasteiger partial charge is 0.493 e. The Morgan fingerprint density at radius 2 is 1.70 bits per heavy atom. The fourth-order valence-electron chi connectivity index (χ4n) is 4.10. The number of fused-ring (bicyclic) bond motifs is 3. The van der Waals surface area contributed by atoms with Crippen LogP contribution in [0.5, 0.6) is 17.2 Å². The lowest BCUT2D eigenvalue weighted by Gasteiger charge is -2.21. The van der Waals surface area contributed by atoms with Gasteiger partial charge in [0.2, 0.25) is 5.75 Å². The average molecular weight is 426 g/mol. The highest BCUT2D eigenvalue weighted by atomic mass is 32.1. The Kier molecular flexibility index (Phi) is 5.39. The van der Waals surface area contributed by atoms with Gasteiger partial charge in [0, 0.05) is 26.4 Å². The molecule has 0 aliphatic heterocycles. The molecule has 0 saturated heterocycles. The first kappa shape index (κ1) is 20.2. The van der Waals surface area contributed by atoms with E-state index in [-0.39, 0.29) is 12.4 Å². The van der Waals surface area contributed by atoms with Gasteiger partial charge in [0.1, 0.15) is 5.92 Å². The average Bonchev–Trinajstić information content (AvgIpc) is 3.27. The molecule has 1 heterocycles. The Morgan fingerprint density at radius 1 is 1.03 bits per heavy atom. The van der Waals surface area contributed by atoms with Gasteiger partial charge in [-0.1, -0.05) is 18.2 Å². The molecule has 4 rings (SSSR count). The van der Waals surface area contributed by atoms with E-state index in [1.807, 2.05) is 24.3 Å². The zero-order valence-corrected chi connectivity index (χ0v) is 18.0. The van der Waals surface area contributed by atoms with Crippen molar-refractivity contribution in [3.05, 3.63) is 52.4 Å². The molecule has 0 unspecified atom stereocenters. The fraction of sp³-hybridized carbons (Fsp3) is 0.304. The van der Waals surface area contributed by atoms with Crippen LogP contribution in [0.1, 0.15) is 33.6 Å². The number of benzene rings is 2. The van der Waals surface area contributed by atoms with Gasteiger partial charge in [0.25, 0.3) is 0 Å². The van der Waals surface area contributed by atoms with E-state index in [9.17, 15) is 9.59 Å². The zero-order valence-electron chi connectivity index (χ0n) is 17.2. The first-order valence-corrected chi connectivity index (χ1v) is 10.4. The third-order valence-corrected chi connectivity index (χ3v) is 6.61. The summed E-state index contributed by atoms with van der Waals surface area (Å²) in [5.41, 5.74) is 1.34. The number of Topliss-reactive ketones (excluding diaryl/α,β-unsaturated/α-hetero) is 1. The molecule has 1 aliphatic rings. The first-order valence-electron chi connectivity index (χ1n) is 9.57. The summed E-state index contributed by atoms with van der Waals surface area (Å²) in [6, 6.07) is 11.3. The summed E-state index contributed by atoms with van der Waals surface area (Å²) in [5.74, 6) is -0.769. The lowest BCUT2D eigenvalue weighted by Crippen LogP contribution is -2.27. The Balaban J connectivity index is 1.96. The highest BCUT2D eigenvalue weighted by Gasteiger charge is 2.48. The molecule has 2 aromatic carbocycles. The third kappa shape index (κ3) is 3.01. The lowest BCUT2D eigenvalue weighted by molar-refractivity contribution is -0.146. The summed E-state index contributed by atoms with van der Waals surface area (Å²) in [6.45, 7) is 1.94. The van der Waals surface area contributed by atoms with Crippen molar-refractivity contribution in [2.24, 2.45) is 5.92 Å². The van der Waals surface area contributed by atoms with Crippen molar-refractivity contribution in [2.45, 2.75) is 12.8 Å². The van der Waals surface area contributed by atoms with E-state index in [2.05, 4.69) is 0 Å². The second-order valence-corrected chi connectivity index (χ2v) is 7.95. The number of methoxy groups -OCH3 is 3. The molecule has 0 bridgehead atoms. The topological polar surface area (TPSA) is 71.1 Å². The second kappa shape index (κ2) is 7.99. The quantitative estimate of drug-likeness (QED) is 0.429. The van der Waals surface area contributed by atoms with Gasteiger partial charge in [0.05, 0.1) is 27.9 Å². The van der Waals surface area contributed by atoms with Gasteiger partial charge in [-0.05, 0) is 30.7 Å². The molecule has 2 atom stereocenters. The molecule has 0 spiro atoms. The van der Waals surface area contributed by atoms with Gasteiger partial charge in [-0.25, -0.2) is 0 Å². The molecule has 0 amide bonds. The van der Waals surface area contributed by atoms with Crippen LogP contribution in [-0.2, 0) is 9.53 Å². The van der Waals surface area contributed by atoms with Gasteiger partial charge < -0.3 is 18.9 Å². The normalized spacial score (nSPS) is 17.7. The minimum absolute atomic E-state index is 0.207. The molecule has 0 N–H and O–H groups in total. The van der Waals surface area contributed by atoms with Crippen LogP contribution in [0.3, 0.4) is 0 Å². The summed E-state index contributed by atoms with van der Waals surface area (Å²) in [6.07, 6.45) is 0. The summed E-state index contributed by atoms with van der Waals surface area (Å²) in [4.78, 5) is 27.1. The van der Waals surface area contributed by atoms with Crippen LogP contribution in [0.4, 0.5) is 0 Å². The number of ketones is 1. The van der Waals surface area contributed by atoms with Crippen molar-refractivity contribution < 1.29 is 28.5 Å². The highest BCUT2D eigenvalue weighted by Crippen LogP contribution is 2.52. The fourth-order valence-corrected chi connectivity index (χ4v) is 5.47. The van der Waals surface area contributed by atoms with Crippen LogP contribution in [0.25, 0.3) is 10.1 Å². The second-order valence-electron chi connectivity index (χ2n) is 6.87. The van der Waals surface area contributed by atoms with Gasteiger partial charge in [-0.15, -0.1) is 11.3 Å². The van der Waals surface area contributed by atoms with Crippen LogP contribution in [0, 0.1) is 5.92 Å². The smallest absolute Gasteiger partial charge is 0.317 e. The third-order valence-electron chi connectivity index (χ3n) is 5.35. The number of rotatable bonds is 6. The molecule has 30 heavy (non-hydrogen) atoms. The number of esters is 1. The van der Waals surface area contributed by atoms with Gasteiger partial charge in [-0.2, -0.15) is 0 Å². The van der Waals surface area contributed by atoms with Crippen LogP contribution in [0.2, 0.25) is 0 Å². The predicted molar refractivity (Wildman–Crippen MR) is 114 cm³/mol. The van der Waals surface area contributed by atoms with E-state index in [0.717, 1.165) is 20.5 Å². The van der Waals surface area contributed by atoms with Crippen LogP contribution in [0.15, 0.2) is 36.4 Å². The molecule has 0 saturated carbocycles. The van der Waals surface area contributed by atoms with E-state index >= 15 is 0 Å². The van der Waals surface area contributed by atoms with E-state index in [1.54, 1.807) is 19.1 Å². The number of ether oxygens (including phenoxy) is 4. The highest BCUT2D eigenvalue weighted by molar-refractivity contribution is 7.19. The molecule has 3 aromatic rings. The number of carbonyl (C=O) groups excluding carboxylic acids is 2. The Bertz CT molecular complexity index is 1110. The van der Waals surface area contributed by atoms with Crippen molar-refractivity contribution in [3.63, 3.8) is 0 Å². The maximum Gasteiger partial charge on any atom is 0.317 e. The van der Waals surface area contributed by atoms with Crippen molar-refractivity contribution >= 4 is 33.2 Å². The molecule has 7 heteroatoms. The zero-order chi connectivity index (χ0) is 21.4. The number of thiophene rings is 1. The number of hydrogen-bond acceptors (Lipinski definition) is 7. The minimum atomic E-state index is -0.946. The molecular weight excluding hydrogens is 404 g/mol. The Labute approximate surface area is 178 Å². The lowest BCUT2D eigenvalue weighted by atomic mass is 9.88. The molecule has 6 nitrogen and oxygen atoms in total. The van der Waals surface area contributed by atoms with E-state index < -0.39 is 17.8 Å². The minimum Gasteiger partial charge on any atom is -0.493 e. The van der Waals surface area contributed by atoms with Crippen molar-refractivity contribution in [1.82, 2.24) is 0 Å². The van der Waals surface area contributed by atoms with E-state index in [4.69, 9.17) is 18.9 Å². The maximum absolute atomic E-state index is 13.4. The Morgan fingerprint density at radius 3 is 2.30 bits per heavy atom. The van der Waals surface area contributed by atoms with Crippen LogP contribution in [-0.4, -0.2) is 39.7 Å². The summed E-state index contributed by atoms with van der Waals surface area (Å²) in [5, 5.41) is 0.867. The Hall–Kier alpha value is -3.06. The summed E-state index contributed by atoms with van der Waals surface area (Å²) >= 11 is 1.53. The van der Waals surface area contributed by atoms with Crippen LogP contribution >= 0.6 is 11.3 Å². The molecular formula is C23H22O6S. The standard InChI is InChI=1S/C23H22O6S/c1-5-29-23(25)19-17(12-10-14(26-2)21(28-4)15(11-12)27-3)22-18(20(19)24)13-8-6-7-9-16(13)30-22/h6-11,17,19H,5H2,1-4H3/t17-,19-/m0/s1. The first-order chi connectivity index (χ1) is 14.5. The van der Waals surface area contributed by atoms with E-state index in [1.165, 1.54) is 32.7 Å². The number of hydrogen-bond donors (Lipinski definition) is 0. The molecule has 156 valence electrons. The van der Waals surface area contributed by atoms with Crippen molar-refractivity contribution in [1.29, 1.82) is 0 Å². The molecule has 1 aromatic heterocycles. The summed E-state index contributed by atoms with van der Waals surface area (Å²) < 4.78 is 22.7.